The van der Waals surface area contributed by atoms with E-state index in [4.69, 9.17) is 14.6 Å². The Balaban J connectivity index is 1.50. The summed E-state index contributed by atoms with van der Waals surface area (Å²) < 4.78 is 14.6. The molecule has 1 aliphatic carbocycles. The van der Waals surface area contributed by atoms with Gasteiger partial charge in [0.2, 0.25) is 5.95 Å². The molecule has 9 heteroatoms. The lowest BCUT2D eigenvalue weighted by atomic mass is 9.72. The smallest absolute Gasteiger partial charge is 0.241 e. The molecule has 1 aliphatic heterocycles. The molecule has 3 aromatic heterocycles. The van der Waals surface area contributed by atoms with Gasteiger partial charge >= 0.3 is 0 Å². The lowest BCUT2D eigenvalue weighted by Gasteiger charge is -2.39. The highest BCUT2D eigenvalue weighted by Gasteiger charge is 2.37. The lowest BCUT2D eigenvalue weighted by molar-refractivity contribution is -0.0412. The van der Waals surface area contributed by atoms with Crippen molar-refractivity contribution in [1.29, 1.82) is 0 Å². The zero-order valence-electron chi connectivity index (χ0n) is 20.6. The van der Waals surface area contributed by atoms with Gasteiger partial charge in [-0.3, -0.25) is 4.68 Å². The van der Waals surface area contributed by atoms with Crippen molar-refractivity contribution < 1.29 is 14.6 Å². The average Bonchev–Trinajstić information content (AvgIpc) is 3.38. The Bertz CT molecular complexity index is 1130. The van der Waals surface area contributed by atoms with Gasteiger partial charge in [-0.1, -0.05) is 13.8 Å². The van der Waals surface area contributed by atoms with Crippen LogP contribution in [0.25, 0.3) is 16.6 Å². The van der Waals surface area contributed by atoms with E-state index in [1.807, 2.05) is 28.5 Å². The van der Waals surface area contributed by atoms with Crippen LogP contribution in [-0.2, 0) is 9.47 Å². The van der Waals surface area contributed by atoms with Crippen LogP contribution in [0.3, 0.4) is 0 Å². The first-order chi connectivity index (χ1) is 16.4. The van der Waals surface area contributed by atoms with E-state index in [2.05, 4.69) is 41.5 Å². The van der Waals surface area contributed by atoms with Gasteiger partial charge < -0.3 is 19.9 Å². The highest BCUT2D eigenvalue weighted by molar-refractivity contribution is 5.81. The van der Waals surface area contributed by atoms with E-state index < -0.39 is 5.60 Å². The van der Waals surface area contributed by atoms with E-state index in [-0.39, 0.29) is 12.0 Å². The summed E-state index contributed by atoms with van der Waals surface area (Å²) in [4.78, 5) is 4.60. The first-order valence-corrected chi connectivity index (χ1v) is 12.4. The van der Waals surface area contributed by atoms with Gasteiger partial charge in [-0.2, -0.15) is 5.10 Å². The van der Waals surface area contributed by atoms with Gasteiger partial charge in [0.05, 0.1) is 49.4 Å². The second-order valence-corrected chi connectivity index (χ2v) is 10.3. The minimum Gasteiger partial charge on any atom is -0.390 e. The molecule has 184 valence electrons. The second-order valence-electron chi connectivity index (χ2n) is 10.3. The molecule has 9 nitrogen and oxygen atoms in total. The molecular formula is C25H36N6O3. The van der Waals surface area contributed by atoms with Crippen molar-refractivity contribution in [2.24, 2.45) is 5.92 Å². The minimum absolute atomic E-state index is 0.0968. The number of ether oxygens (including phenoxy) is 2. The molecule has 4 heterocycles. The van der Waals surface area contributed by atoms with Gasteiger partial charge in [-0.25, -0.2) is 9.50 Å². The summed E-state index contributed by atoms with van der Waals surface area (Å²) in [6.45, 7) is 8.27. The predicted octanol–water partition coefficient (Wildman–Crippen LogP) is 3.66. The molecule has 0 aromatic carbocycles. The number of nitrogens with one attached hydrogen (secondary N) is 1. The van der Waals surface area contributed by atoms with Crippen LogP contribution < -0.4 is 5.32 Å². The van der Waals surface area contributed by atoms with Crippen LogP contribution in [0, 0.1) is 5.92 Å². The minimum atomic E-state index is -0.574. The Morgan fingerprint density at radius 2 is 2.00 bits per heavy atom. The molecule has 1 saturated heterocycles. The van der Waals surface area contributed by atoms with Gasteiger partial charge in [0.25, 0.3) is 0 Å². The maximum atomic E-state index is 11.0. The third-order valence-corrected chi connectivity index (χ3v) is 7.59. The van der Waals surface area contributed by atoms with E-state index in [0.717, 1.165) is 42.3 Å². The van der Waals surface area contributed by atoms with E-state index in [1.165, 1.54) is 5.69 Å². The molecule has 1 saturated carbocycles. The normalized spacial score (nSPS) is 24.5. The number of aliphatic hydroxyl groups is 1. The van der Waals surface area contributed by atoms with Crippen molar-refractivity contribution in [2.75, 3.05) is 32.2 Å². The van der Waals surface area contributed by atoms with Crippen LogP contribution in [0.1, 0.15) is 64.1 Å². The number of hydrogen-bond acceptors (Lipinski definition) is 7. The molecule has 0 unspecified atom stereocenters. The van der Waals surface area contributed by atoms with E-state index in [1.54, 1.807) is 7.11 Å². The molecule has 0 amide bonds. The fraction of sp³-hybridized carbons (Fsp3) is 0.640. The Morgan fingerprint density at radius 3 is 2.65 bits per heavy atom. The Hall–Kier alpha value is -2.49. The average molecular weight is 469 g/mol. The summed E-state index contributed by atoms with van der Waals surface area (Å²) in [5.41, 5.74) is 3.70. The summed E-state index contributed by atoms with van der Waals surface area (Å²) in [6.07, 6.45) is 9.39. The molecule has 0 spiro atoms. The van der Waals surface area contributed by atoms with Crippen molar-refractivity contribution >= 4 is 11.5 Å². The van der Waals surface area contributed by atoms with Gasteiger partial charge in [-0.05, 0) is 44.6 Å². The highest BCUT2D eigenvalue weighted by atomic mass is 16.5. The molecule has 2 aliphatic rings. The number of anilines is 1. The number of fused-ring (bicyclic) bond motifs is 1. The fourth-order valence-electron chi connectivity index (χ4n) is 5.16. The van der Waals surface area contributed by atoms with Crippen molar-refractivity contribution in [3.8, 4) is 11.1 Å². The summed E-state index contributed by atoms with van der Waals surface area (Å²) in [7, 11) is 1.69. The van der Waals surface area contributed by atoms with Crippen LogP contribution in [0.2, 0.25) is 0 Å². The molecular weight excluding hydrogens is 432 g/mol. The molecule has 0 radical (unpaired) electrons. The van der Waals surface area contributed by atoms with Crippen molar-refractivity contribution in [1.82, 2.24) is 24.4 Å². The summed E-state index contributed by atoms with van der Waals surface area (Å²) in [6, 6.07) is 2.65. The van der Waals surface area contributed by atoms with Gasteiger partial charge in [0.15, 0.2) is 0 Å². The number of hydrogen-bond donors (Lipinski definition) is 2. The first-order valence-electron chi connectivity index (χ1n) is 12.4. The first kappa shape index (κ1) is 23.3. The lowest BCUT2D eigenvalue weighted by Crippen LogP contribution is -2.38. The summed E-state index contributed by atoms with van der Waals surface area (Å²) in [5, 5.41) is 23.8. The highest BCUT2D eigenvalue weighted by Crippen LogP contribution is 2.43. The topological polar surface area (TPSA) is 98.7 Å². The zero-order valence-corrected chi connectivity index (χ0v) is 20.6. The SMILES string of the molecule is COC[C@H](C)Nc1ncc2c(-c3cnn(C4COC4)c3)cc([C@H]3CC[C@@](O)(C(C)C)CC3)n2n1. The molecule has 2 N–H and O–H groups in total. The molecule has 5 rings (SSSR count). The number of aromatic nitrogens is 5. The molecule has 34 heavy (non-hydrogen) atoms. The Labute approximate surface area is 200 Å². The maximum absolute atomic E-state index is 11.0. The largest absolute Gasteiger partial charge is 0.390 e. The number of nitrogens with zero attached hydrogens (tertiary/aromatic N) is 5. The van der Waals surface area contributed by atoms with Crippen molar-refractivity contribution in [2.45, 2.75) is 70.1 Å². The second kappa shape index (κ2) is 9.28. The van der Waals surface area contributed by atoms with E-state index in [9.17, 15) is 5.11 Å². The zero-order chi connectivity index (χ0) is 23.9. The quantitative estimate of drug-likeness (QED) is 0.521. The van der Waals surface area contributed by atoms with E-state index in [0.29, 0.717) is 37.7 Å². The Kier molecular flexibility index (Phi) is 6.35. The van der Waals surface area contributed by atoms with Gasteiger partial charge in [-0.15, -0.1) is 5.10 Å². The van der Waals surface area contributed by atoms with Crippen molar-refractivity contribution in [3.63, 3.8) is 0 Å². The molecule has 2 fully saturated rings. The molecule has 1 atom stereocenters. The molecule has 0 bridgehead atoms. The van der Waals surface area contributed by atoms with Crippen LogP contribution in [0.5, 0.6) is 0 Å². The summed E-state index contributed by atoms with van der Waals surface area (Å²) >= 11 is 0. The fourth-order valence-corrected chi connectivity index (χ4v) is 5.16. The standard InChI is InChI=1S/C25H36N6O3/c1-16(2)25(32)7-5-18(6-8-25)22-9-21(19-10-27-30(12-19)20-14-34-15-20)23-11-26-24(29-31(22)23)28-17(3)13-33-4/h9-12,16-18,20,32H,5-8,13-15H2,1-4H3,(H,28,29)/t17-,18-,25-/m0/s1. The van der Waals surface area contributed by atoms with Crippen LogP contribution >= 0.6 is 0 Å². The Morgan fingerprint density at radius 1 is 1.24 bits per heavy atom. The summed E-state index contributed by atoms with van der Waals surface area (Å²) in [5.74, 6) is 1.17. The third-order valence-electron chi connectivity index (χ3n) is 7.59. The third kappa shape index (κ3) is 4.32. The number of methoxy groups -OCH3 is 1. The van der Waals surface area contributed by atoms with Gasteiger partial charge in [0, 0.05) is 42.1 Å². The van der Waals surface area contributed by atoms with Crippen LogP contribution in [0.15, 0.2) is 24.7 Å². The van der Waals surface area contributed by atoms with Gasteiger partial charge in [0.1, 0.15) is 0 Å². The van der Waals surface area contributed by atoms with Crippen LogP contribution in [-0.4, -0.2) is 68.1 Å². The maximum Gasteiger partial charge on any atom is 0.241 e. The number of rotatable bonds is 8. The van der Waals surface area contributed by atoms with Crippen LogP contribution in [0.4, 0.5) is 5.95 Å². The van der Waals surface area contributed by atoms with E-state index >= 15 is 0 Å². The monoisotopic (exact) mass is 468 g/mol. The molecule has 3 aromatic rings. The van der Waals surface area contributed by atoms with Crippen molar-refractivity contribution in [3.05, 3.63) is 30.4 Å². The predicted molar refractivity (Wildman–Crippen MR) is 130 cm³/mol.